The van der Waals surface area contributed by atoms with Crippen LogP contribution >= 0.6 is 0 Å². The maximum Gasteiger partial charge on any atom is 0.325 e. The van der Waals surface area contributed by atoms with E-state index in [1.165, 1.54) is 0 Å². The summed E-state index contributed by atoms with van der Waals surface area (Å²) in [6.45, 7) is 3.30. The third-order valence-corrected chi connectivity index (χ3v) is 2.97. The second-order valence-electron chi connectivity index (χ2n) is 4.44. The van der Waals surface area contributed by atoms with Gasteiger partial charge in [0.1, 0.15) is 6.54 Å². The Bertz CT molecular complexity index is 310. The molecule has 1 aliphatic carbocycles. The fourth-order valence-corrected chi connectivity index (χ4v) is 1.93. The van der Waals surface area contributed by atoms with Gasteiger partial charge in [-0.2, -0.15) is 0 Å². The number of rotatable bonds is 5. The molecule has 0 aromatic carbocycles. The van der Waals surface area contributed by atoms with Crippen molar-refractivity contribution in [2.24, 2.45) is 0 Å². The highest BCUT2D eigenvalue weighted by atomic mass is 16.6. The summed E-state index contributed by atoms with van der Waals surface area (Å²) in [6, 6.07) is 0.160. The lowest BCUT2D eigenvalue weighted by Gasteiger charge is -2.28. The van der Waals surface area contributed by atoms with Gasteiger partial charge in [0.05, 0.1) is 26.4 Å². The summed E-state index contributed by atoms with van der Waals surface area (Å²) in [6.07, 6.45) is 1.31. The van der Waals surface area contributed by atoms with E-state index >= 15 is 0 Å². The van der Waals surface area contributed by atoms with Crippen LogP contribution in [0.3, 0.4) is 0 Å². The first kappa shape index (κ1) is 13.3. The van der Waals surface area contributed by atoms with E-state index in [1.807, 2.05) is 0 Å². The smallest absolute Gasteiger partial charge is 0.325 e. The van der Waals surface area contributed by atoms with Gasteiger partial charge in [0.25, 0.3) is 5.91 Å². The number of nitrogens with zero attached hydrogens (tertiary/aromatic N) is 1. The van der Waals surface area contributed by atoms with Gasteiger partial charge < -0.3 is 19.1 Å². The average molecular weight is 257 g/mol. The van der Waals surface area contributed by atoms with E-state index in [0.717, 1.165) is 12.8 Å². The normalized spacial score (nSPS) is 23.5. The Balaban J connectivity index is 1.91. The summed E-state index contributed by atoms with van der Waals surface area (Å²) in [5, 5.41) is 0. The maximum atomic E-state index is 12.2. The summed E-state index contributed by atoms with van der Waals surface area (Å²) >= 11 is 0. The van der Waals surface area contributed by atoms with Gasteiger partial charge in [-0.15, -0.1) is 0 Å². The molecule has 2 fully saturated rings. The molecule has 2 aliphatic rings. The lowest BCUT2D eigenvalue weighted by molar-refractivity contribution is -0.163. The molecule has 1 atom stereocenters. The first-order valence-electron chi connectivity index (χ1n) is 6.37. The highest BCUT2D eigenvalue weighted by molar-refractivity contribution is 5.86. The van der Waals surface area contributed by atoms with Gasteiger partial charge in [0.15, 0.2) is 6.10 Å². The van der Waals surface area contributed by atoms with Crippen molar-refractivity contribution >= 4 is 11.9 Å². The number of esters is 1. The number of hydrogen-bond acceptors (Lipinski definition) is 5. The molecule has 1 saturated carbocycles. The molecule has 1 aliphatic heterocycles. The molecule has 0 aromatic heterocycles. The molecular formula is C12H19NO5. The van der Waals surface area contributed by atoms with E-state index < -0.39 is 6.10 Å². The molecule has 1 unspecified atom stereocenters. The minimum absolute atomic E-state index is 0.0111. The number of hydrogen-bond donors (Lipinski definition) is 0. The lowest BCUT2D eigenvalue weighted by Crippen LogP contribution is -2.48. The van der Waals surface area contributed by atoms with Crippen molar-refractivity contribution in [2.75, 3.05) is 33.0 Å². The zero-order chi connectivity index (χ0) is 13.0. The SMILES string of the molecule is CCOC(=O)CN(C(=O)C1COCCO1)C1CC1. The molecule has 1 heterocycles. The van der Waals surface area contributed by atoms with Crippen LogP contribution in [-0.4, -0.2) is 61.9 Å². The molecule has 102 valence electrons. The Morgan fingerprint density at radius 2 is 2.11 bits per heavy atom. The maximum absolute atomic E-state index is 12.2. The van der Waals surface area contributed by atoms with Crippen LogP contribution in [0.1, 0.15) is 19.8 Å². The summed E-state index contributed by atoms with van der Waals surface area (Å²) in [5.41, 5.74) is 0. The fraction of sp³-hybridized carbons (Fsp3) is 0.833. The van der Waals surface area contributed by atoms with Crippen molar-refractivity contribution in [2.45, 2.75) is 31.9 Å². The standard InChI is InChI=1S/C12H19NO5/c1-2-17-11(14)7-13(9-3-4-9)12(15)10-8-16-5-6-18-10/h9-10H,2-8H2,1H3. The molecule has 18 heavy (non-hydrogen) atoms. The summed E-state index contributed by atoms with van der Waals surface area (Å²) in [7, 11) is 0. The van der Waals surface area contributed by atoms with E-state index in [9.17, 15) is 9.59 Å². The van der Waals surface area contributed by atoms with Crippen molar-refractivity contribution in [3.05, 3.63) is 0 Å². The number of carbonyl (C=O) groups excluding carboxylic acids is 2. The van der Waals surface area contributed by atoms with E-state index in [1.54, 1.807) is 11.8 Å². The molecule has 0 N–H and O–H groups in total. The molecule has 0 spiro atoms. The van der Waals surface area contributed by atoms with Crippen molar-refractivity contribution in [3.8, 4) is 0 Å². The van der Waals surface area contributed by atoms with Gasteiger partial charge in [0.2, 0.25) is 0 Å². The molecule has 0 bridgehead atoms. The number of amides is 1. The quantitative estimate of drug-likeness (QED) is 0.646. The Morgan fingerprint density at radius 1 is 1.33 bits per heavy atom. The van der Waals surface area contributed by atoms with Gasteiger partial charge in [-0.05, 0) is 19.8 Å². The first-order chi connectivity index (χ1) is 8.72. The zero-order valence-electron chi connectivity index (χ0n) is 10.6. The highest BCUT2D eigenvalue weighted by Gasteiger charge is 2.38. The summed E-state index contributed by atoms with van der Waals surface area (Å²) < 4.78 is 15.5. The van der Waals surface area contributed by atoms with Crippen LogP contribution in [0.4, 0.5) is 0 Å². The Labute approximate surface area is 106 Å². The van der Waals surface area contributed by atoms with E-state index in [2.05, 4.69) is 0 Å². The Morgan fingerprint density at radius 3 is 2.67 bits per heavy atom. The number of ether oxygens (including phenoxy) is 3. The molecule has 2 rings (SSSR count). The molecular weight excluding hydrogens is 238 g/mol. The average Bonchev–Trinajstić information content (AvgIpc) is 3.21. The topological polar surface area (TPSA) is 65.1 Å². The molecule has 1 amide bonds. The van der Waals surface area contributed by atoms with E-state index in [4.69, 9.17) is 14.2 Å². The molecule has 1 saturated heterocycles. The third-order valence-electron chi connectivity index (χ3n) is 2.97. The van der Waals surface area contributed by atoms with Crippen molar-refractivity contribution < 1.29 is 23.8 Å². The molecule has 6 nitrogen and oxygen atoms in total. The van der Waals surface area contributed by atoms with E-state index in [-0.39, 0.29) is 31.1 Å². The minimum atomic E-state index is -0.575. The Kier molecular flexibility index (Phi) is 4.54. The highest BCUT2D eigenvalue weighted by Crippen LogP contribution is 2.27. The predicted octanol–water partition coefficient (Wildman–Crippen LogP) is -0.0441. The summed E-state index contributed by atoms with van der Waals surface area (Å²) in [5.74, 6) is -0.528. The van der Waals surface area contributed by atoms with Gasteiger partial charge in [-0.3, -0.25) is 9.59 Å². The van der Waals surface area contributed by atoms with Crippen LogP contribution in [0.15, 0.2) is 0 Å². The first-order valence-corrected chi connectivity index (χ1v) is 6.37. The third kappa shape index (κ3) is 3.43. The van der Waals surface area contributed by atoms with Gasteiger partial charge in [-0.25, -0.2) is 0 Å². The van der Waals surface area contributed by atoms with Gasteiger partial charge in [-0.1, -0.05) is 0 Å². The van der Waals surface area contributed by atoms with Crippen LogP contribution in [0.2, 0.25) is 0 Å². The van der Waals surface area contributed by atoms with Crippen molar-refractivity contribution in [3.63, 3.8) is 0 Å². The van der Waals surface area contributed by atoms with Gasteiger partial charge >= 0.3 is 5.97 Å². The lowest BCUT2D eigenvalue weighted by atomic mass is 10.3. The van der Waals surface area contributed by atoms with Crippen LogP contribution in [0, 0.1) is 0 Å². The number of carbonyl (C=O) groups is 2. The van der Waals surface area contributed by atoms with Crippen molar-refractivity contribution in [1.82, 2.24) is 4.90 Å². The predicted molar refractivity (Wildman–Crippen MR) is 61.9 cm³/mol. The van der Waals surface area contributed by atoms with Crippen molar-refractivity contribution in [1.29, 1.82) is 0 Å². The second-order valence-corrected chi connectivity index (χ2v) is 4.44. The van der Waals surface area contributed by atoms with Crippen LogP contribution in [0.5, 0.6) is 0 Å². The molecule has 6 heteroatoms. The fourth-order valence-electron chi connectivity index (χ4n) is 1.93. The zero-order valence-corrected chi connectivity index (χ0v) is 10.6. The monoisotopic (exact) mass is 257 g/mol. The molecule has 0 aromatic rings. The van der Waals surface area contributed by atoms with Crippen LogP contribution < -0.4 is 0 Å². The minimum Gasteiger partial charge on any atom is -0.465 e. The van der Waals surface area contributed by atoms with Gasteiger partial charge in [0, 0.05) is 6.04 Å². The van der Waals surface area contributed by atoms with E-state index in [0.29, 0.717) is 19.8 Å². The second kappa shape index (κ2) is 6.15. The molecule has 0 radical (unpaired) electrons. The van der Waals surface area contributed by atoms with Crippen LogP contribution in [0.25, 0.3) is 0 Å². The summed E-state index contributed by atoms with van der Waals surface area (Å²) in [4.78, 5) is 25.3. The largest absolute Gasteiger partial charge is 0.465 e. The Hall–Kier alpha value is -1.14. The van der Waals surface area contributed by atoms with Crippen LogP contribution in [-0.2, 0) is 23.8 Å².